The Kier molecular flexibility index (Phi) is 5.52. The van der Waals surface area contributed by atoms with E-state index in [9.17, 15) is 9.59 Å². The van der Waals surface area contributed by atoms with E-state index in [0.717, 1.165) is 18.2 Å². The first kappa shape index (κ1) is 14.9. The molecule has 0 aliphatic heterocycles. The number of nitrogens with one attached hydrogen (secondary N) is 2. The molecule has 18 heavy (non-hydrogen) atoms. The first-order chi connectivity index (χ1) is 8.45. The molecule has 0 fully saturated rings. The van der Waals surface area contributed by atoms with Crippen molar-refractivity contribution in [2.45, 2.75) is 19.5 Å². The Bertz CT molecular complexity index is 402. The van der Waals surface area contributed by atoms with E-state index in [1.165, 1.54) is 0 Å². The van der Waals surface area contributed by atoms with E-state index in [1.54, 1.807) is 12.1 Å². The molecule has 1 aromatic carbocycles. The van der Waals surface area contributed by atoms with E-state index in [4.69, 9.17) is 0 Å². The van der Waals surface area contributed by atoms with Gasteiger partial charge < -0.3 is 15.4 Å². The maximum atomic E-state index is 11.9. The molecule has 5 heteroatoms. The third kappa shape index (κ3) is 4.60. The average molecular weight is 266 g/mol. The fraction of sp³-hybridized carbons (Fsp3) is 0.462. The van der Waals surface area contributed by atoms with Crippen LogP contribution in [0.15, 0.2) is 24.3 Å². The minimum absolute atomic E-state index is 0.0776. The van der Waals surface area contributed by atoms with E-state index < -0.39 is 8.32 Å². The van der Waals surface area contributed by atoms with Gasteiger partial charge in [-0.3, -0.25) is 4.79 Å². The molecule has 100 valence electrons. The van der Waals surface area contributed by atoms with Gasteiger partial charge in [-0.1, -0.05) is 12.1 Å². The molecule has 0 unspecified atom stereocenters. The van der Waals surface area contributed by atoms with E-state index in [2.05, 4.69) is 10.6 Å². The molecule has 0 spiro atoms. The van der Waals surface area contributed by atoms with Crippen molar-refractivity contribution in [2.24, 2.45) is 0 Å². The molecule has 0 atom stereocenters. The molecule has 0 aliphatic rings. The predicted molar refractivity (Wildman–Crippen MR) is 76.7 cm³/mol. The van der Waals surface area contributed by atoms with Crippen LogP contribution in [0, 0.1) is 0 Å². The summed E-state index contributed by atoms with van der Waals surface area (Å²) in [4.78, 5) is 21.9. The first-order valence-corrected chi connectivity index (χ1v) is 9.15. The number of carbonyl (C=O) groups excluding carboxylic acids is 1. The Balaban J connectivity index is 2.63. The number of carbonyl (C=O) groups is 1. The summed E-state index contributed by atoms with van der Waals surface area (Å²) in [6, 6.07) is 7.27. The van der Waals surface area contributed by atoms with Crippen LogP contribution in [0.5, 0.6) is 0 Å². The second kappa shape index (κ2) is 6.68. The molecule has 1 rings (SSSR count). The molecule has 0 saturated carbocycles. The molecule has 1 aromatic rings. The van der Waals surface area contributed by atoms with E-state index >= 15 is 0 Å². The van der Waals surface area contributed by atoms with Crippen molar-refractivity contribution in [1.29, 1.82) is 0 Å². The van der Waals surface area contributed by atoms with Gasteiger partial charge in [-0.25, -0.2) is 0 Å². The van der Waals surface area contributed by atoms with Crippen LogP contribution in [0.2, 0.25) is 13.1 Å². The molecule has 0 radical (unpaired) electrons. The van der Waals surface area contributed by atoms with Gasteiger partial charge in [0.15, 0.2) is 0 Å². The van der Waals surface area contributed by atoms with Crippen LogP contribution >= 0.6 is 0 Å². The highest BCUT2D eigenvalue weighted by atomic mass is 28.4. The first-order valence-electron chi connectivity index (χ1n) is 6.21. The second-order valence-electron chi connectivity index (χ2n) is 4.85. The molecular weight excluding hydrogens is 244 g/mol. The normalized spacial score (nSPS) is 11.3. The van der Waals surface area contributed by atoms with Gasteiger partial charge in [0.05, 0.1) is 0 Å². The van der Waals surface area contributed by atoms with Crippen molar-refractivity contribution in [2.75, 3.05) is 20.1 Å². The lowest BCUT2D eigenvalue weighted by molar-refractivity contribution is 0.0953. The zero-order valence-corrected chi connectivity index (χ0v) is 12.3. The summed E-state index contributed by atoms with van der Waals surface area (Å²) in [7, 11) is -0.456. The van der Waals surface area contributed by atoms with Gasteiger partial charge in [-0.2, -0.15) is 0 Å². The number of hydrogen-bond acceptors (Lipinski definition) is 3. The highest BCUT2D eigenvalue weighted by Gasteiger charge is 2.20. The van der Waals surface area contributed by atoms with Gasteiger partial charge in [0.2, 0.25) is 8.32 Å². The zero-order chi connectivity index (χ0) is 13.6. The Morgan fingerprint density at radius 3 is 2.67 bits per heavy atom. The smallest absolute Gasteiger partial charge is 0.251 e. The Morgan fingerprint density at radius 2 is 2.06 bits per heavy atom. The van der Waals surface area contributed by atoms with Gasteiger partial charge in [0.1, 0.15) is 0 Å². The van der Waals surface area contributed by atoms with Crippen LogP contribution in [0.1, 0.15) is 16.8 Å². The number of hydrogen-bond donors (Lipinski definition) is 3. The summed E-state index contributed by atoms with van der Waals surface area (Å²) in [5.74, 6) is -0.0776. The lowest BCUT2D eigenvalue weighted by Crippen LogP contribution is -2.42. The SMILES string of the molecule is CNCCCNC(=O)c1cccc([Si](C)(C)O)c1. The van der Waals surface area contributed by atoms with Crippen molar-refractivity contribution in [1.82, 2.24) is 10.6 Å². The maximum Gasteiger partial charge on any atom is 0.251 e. The molecule has 0 heterocycles. The molecule has 3 N–H and O–H groups in total. The number of amides is 1. The van der Waals surface area contributed by atoms with Crippen LogP contribution in [0.3, 0.4) is 0 Å². The monoisotopic (exact) mass is 266 g/mol. The van der Waals surface area contributed by atoms with Crippen molar-refractivity contribution in [3.63, 3.8) is 0 Å². The zero-order valence-electron chi connectivity index (χ0n) is 11.3. The van der Waals surface area contributed by atoms with Gasteiger partial charge in [-0.15, -0.1) is 0 Å². The third-order valence-electron chi connectivity index (χ3n) is 2.72. The fourth-order valence-corrected chi connectivity index (χ4v) is 2.62. The van der Waals surface area contributed by atoms with E-state index in [0.29, 0.717) is 12.1 Å². The third-order valence-corrected chi connectivity index (χ3v) is 4.44. The number of benzene rings is 1. The quantitative estimate of drug-likeness (QED) is 0.517. The molecule has 4 nitrogen and oxygen atoms in total. The molecule has 0 aliphatic carbocycles. The number of rotatable bonds is 6. The maximum absolute atomic E-state index is 11.9. The lowest BCUT2D eigenvalue weighted by atomic mass is 10.2. The summed E-state index contributed by atoms with van der Waals surface area (Å²) in [5, 5.41) is 6.78. The standard InChI is InChI=1S/C13H22N2O2Si/c1-14-8-5-9-15-13(16)11-6-4-7-12(10-11)18(2,3)17/h4,6-7,10,14,17H,5,8-9H2,1-3H3,(H,15,16). The molecule has 0 saturated heterocycles. The average Bonchev–Trinajstić information content (AvgIpc) is 2.33. The largest absolute Gasteiger partial charge is 0.428 e. The summed E-state index contributed by atoms with van der Waals surface area (Å²) in [6.45, 7) is 5.23. The van der Waals surface area contributed by atoms with Crippen molar-refractivity contribution in [3.05, 3.63) is 29.8 Å². The summed E-state index contributed by atoms with van der Waals surface area (Å²) < 4.78 is 0. The van der Waals surface area contributed by atoms with E-state index in [-0.39, 0.29) is 5.91 Å². The highest BCUT2D eigenvalue weighted by molar-refractivity contribution is 6.83. The summed E-state index contributed by atoms with van der Waals surface area (Å²) in [5.41, 5.74) is 0.617. The van der Waals surface area contributed by atoms with Crippen LogP contribution in [0.25, 0.3) is 0 Å². The molecule has 0 bridgehead atoms. The highest BCUT2D eigenvalue weighted by Crippen LogP contribution is 2.03. The van der Waals surface area contributed by atoms with Crippen molar-refractivity contribution < 1.29 is 9.59 Å². The second-order valence-corrected chi connectivity index (χ2v) is 8.55. The van der Waals surface area contributed by atoms with Gasteiger partial charge in [0.25, 0.3) is 5.91 Å². The van der Waals surface area contributed by atoms with Crippen molar-refractivity contribution in [3.8, 4) is 0 Å². The Morgan fingerprint density at radius 1 is 1.33 bits per heavy atom. The van der Waals surface area contributed by atoms with Crippen LogP contribution in [-0.2, 0) is 0 Å². The Labute approximate surface area is 110 Å². The topological polar surface area (TPSA) is 61.4 Å². The summed E-state index contributed by atoms with van der Waals surface area (Å²) >= 11 is 0. The molecule has 1 amide bonds. The molecule has 0 aromatic heterocycles. The fourth-order valence-electron chi connectivity index (χ4n) is 1.61. The van der Waals surface area contributed by atoms with E-state index in [1.807, 2.05) is 32.3 Å². The van der Waals surface area contributed by atoms with Gasteiger partial charge in [0, 0.05) is 12.1 Å². The van der Waals surface area contributed by atoms with Crippen LogP contribution in [-0.4, -0.2) is 39.2 Å². The Hall–Kier alpha value is -1.17. The lowest BCUT2D eigenvalue weighted by Gasteiger charge is -2.15. The minimum Gasteiger partial charge on any atom is -0.428 e. The van der Waals surface area contributed by atoms with Crippen LogP contribution in [0.4, 0.5) is 0 Å². The van der Waals surface area contributed by atoms with Gasteiger partial charge >= 0.3 is 0 Å². The molecular formula is C13H22N2O2Si. The van der Waals surface area contributed by atoms with Gasteiger partial charge in [-0.05, 0) is 50.4 Å². The van der Waals surface area contributed by atoms with Crippen LogP contribution < -0.4 is 15.8 Å². The predicted octanol–water partition coefficient (Wildman–Crippen LogP) is 0.430. The van der Waals surface area contributed by atoms with Crippen molar-refractivity contribution >= 4 is 19.4 Å². The summed E-state index contributed by atoms with van der Waals surface area (Å²) in [6.07, 6.45) is 0.905. The minimum atomic E-state index is -2.34.